The molecule has 0 amide bonds. The molecular weight excluding hydrogens is 1070 g/mol. The van der Waals surface area contributed by atoms with Gasteiger partial charge in [0.25, 0.3) is 0 Å². The molecule has 11 aromatic rings. The summed E-state index contributed by atoms with van der Waals surface area (Å²) in [7, 11) is 0. The molecule has 88 heavy (non-hydrogen) atoms. The summed E-state index contributed by atoms with van der Waals surface area (Å²) >= 11 is 0. The predicted molar refractivity (Wildman–Crippen MR) is 379 cm³/mol. The van der Waals surface area contributed by atoms with Crippen molar-refractivity contribution in [3.8, 4) is 33.4 Å². The highest BCUT2D eigenvalue weighted by atomic mass is 16.3. The Morgan fingerprint density at radius 3 is 1.49 bits per heavy atom. The van der Waals surface area contributed by atoms with E-state index < -0.39 is 0 Å². The molecule has 0 bridgehead atoms. The van der Waals surface area contributed by atoms with E-state index in [1.807, 2.05) is 0 Å². The van der Waals surface area contributed by atoms with Gasteiger partial charge in [0, 0.05) is 61.4 Å². The van der Waals surface area contributed by atoms with Gasteiger partial charge in [0.1, 0.15) is 5.58 Å². The quantitative estimate of drug-likeness (QED) is 0.155. The number of para-hydroxylation sites is 1. The molecule has 10 aromatic carbocycles. The Morgan fingerprint density at radius 2 is 0.898 bits per heavy atom. The number of benzene rings is 10. The second-order valence-electron chi connectivity index (χ2n) is 31.1. The SMILES string of the molecule is CC(C)(C)c1ccc(N2B3c4cc(C(C)(C)C)ccc4N(c4ccc(C(C)(C)C)cc4-c4ccccc4)c4c3c(cc3c4oc4ccccc43)-c3cc4c(cc32)C(C)(C)c2cc(N(c3ccc(C(C)(C)C)cc3)c3ccc(C(C)(C)C)cc3)ccc2-4)cc1. The van der Waals surface area contributed by atoms with E-state index in [-0.39, 0.29) is 39.3 Å². The number of fused-ring (bicyclic) bond motifs is 11. The van der Waals surface area contributed by atoms with Crippen LogP contribution in [0, 0.1) is 0 Å². The van der Waals surface area contributed by atoms with Gasteiger partial charge in [0.2, 0.25) is 0 Å². The molecule has 0 atom stereocenters. The Bertz CT molecular complexity index is 4530. The van der Waals surface area contributed by atoms with E-state index in [0.29, 0.717) is 0 Å². The summed E-state index contributed by atoms with van der Waals surface area (Å²) in [5.41, 5.74) is 29.4. The van der Waals surface area contributed by atoms with Crippen molar-refractivity contribution >= 4 is 85.2 Å². The summed E-state index contributed by atoms with van der Waals surface area (Å²) in [6.07, 6.45) is 0. The first-order valence-corrected chi connectivity index (χ1v) is 31.9. The first kappa shape index (κ1) is 57.2. The minimum atomic E-state index is -0.362. The molecule has 4 nitrogen and oxygen atoms in total. The van der Waals surface area contributed by atoms with Crippen molar-refractivity contribution in [3.05, 3.63) is 239 Å². The van der Waals surface area contributed by atoms with Gasteiger partial charge in [-0.3, -0.25) is 0 Å². The van der Waals surface area contributed by atoms with Crippen LogP contribution >= 0.6 is 0 Å². The van der Waals surface area contributed by atoms with Crippen LogP contribution in [0.4, 0.5) is 45.5 Å². The van der Waals surface area contributed by atoms with Gasteiger partial charge in [-0.05, 0) is 190 Å². The fourth-order valence-corrected chi connectivity index (χ4v) is 14.4. The number of hydrogen-bond acceptors (Lipinski definition) is 4. The molecule has 2 aliphatic heterocycles. The number of anilines is 8. The lowest BCUT2D eigenvalue weighted by Gasteiger charge is -2.46. The maximum atomic E-state index is 7.39. The zero-order valence-corrected chi connectivity index (χ0v) is 54.9. The fourth-order valence-electron chi connectivity index (χ4n) is 14.4. The van der Waals surface area contributed by atoms with Gasteiger partial charge < -0.3 is 19.0 Å². The molecule has 0 saturated heterocycles. The Hall–Kier alpha value is -8.54. The summed E-state index contributed by atoms with van der Waals surface area (Å²) in [6.45, 7) is 39.4. The van der Waals surface area contributed by atoms with Crippen molar-refractivity contribution in [2.75, 3.05) is 14.6 Å². The molecule has 0 saturated carbocycles. The van der Waals surface area contributed by atoms with E-state index in [9.17, 15) is 0 Å². The van der Waals surface area contributed by atoms with Crippen molar-refractivity contribution in [3.63, 3.8) is 0 Å². The van der Waals surface area contributed by atoms with Crippen LogP contribution in [0.15, 0.2) is 205 Å². The topological polar surface area (TPSA) is 22.9 Å². The van der Waals surface area contributed by atoms with Crippen LogP contribution in [0.1, 0.15) is 157 Å². The monoisotopic (exact) mass is 1150 g/mol. The van der Waals surface area contributed by atoms with Crippen molar-refractivity contribution < 1.29 is 4.42 Å². The van der Waals surface area contributed by atoms with E-state index in [2.05, 4.69) is 333 Å². The summed E-state index contributed by atoms with van der Waals surface area (Å²) in [4.78, 5) is 7.76. The maximum absolute atomic E-state index is 7.39. The van der Waals surface area contributed by atoms with E-state index in [0.717, 1.165) is 61.8 Å². The van der Waals surface area contributed by atoms with E-state index in [1.54, 1.807) is 0 Å². The molecular formula is C83H84BN3O. The molecule has 5 heteroatoms. The minimum absolute atomic E-state index is 0.0274. The summed E-state index contributed by atoms with van der Waals surface area (Å²) < 4.78 is 7.39. The maximum Gasteiger partial charge on any atom is 0.333 e. The Morgan fingerprint density at radius 1 is 0.386 bits per heavy atom. The van der Waals surface area contributed by atoms with Gasteiger partial charge in [0.05, 0.1) is 11.4 Å². The number of rotatable bonds is 6. The van der Waals surface area contributed by atoms with Crippen LogP contribution in [-0.2, 0) is 32.5 Å². The third-order valence-electron chi connectivity index (χ3n) is 19.6. The molecule has 3 aliphatic rings. The summed E-state index contributed by atoms with van der Waals surface area (Å²) in [6, 6.07) is 77.1. The normalized spacial score (nSPS) is 14.4. The minimum Gasteiger partial charge on any atom is -0.454 e. The molecule has 440 valence electrons. The molecule has 0 fully saturated rings. The predicted octanol–water partition coefficient (Wildman–Crippen LogP) is 22.2. The van der Waals surface area contributed by atoms with Crippen molar-refractivity contribution in [1.82, 2.24) is 0 Å². The summed E-state index contributed by atoms with van der Waals surface area (Å²) in [5, 5.41) is 2.22. The average molecular weight is 1150 g/mol. The van der Waals surface area contributed by atoms with Crippen LogP contribution in [0.25, 0.3) is 55.3 Å². The number of hydrogen-bond donors (Lipinski definition) is 0. The highest BCUT2D eigenvalue weighted by Crippen LogP contribution is 2.58. The smallest absolute Gasteiger partial charge is 0.333 e. The second kappa shape index (κ2) is 19.7. The van der Waals surface area contributed by atoms with Crippen LogP contribution in [0.3, 0.4) is 0 Å². The molecule has 1 aromatic heterocycles. The van der Waals surface area contributed by atoms with Crippen LogP contribution < -0.4 is 25.5 Å². The second-order valence-corrected chi connectivity index (χ2v) is 31.1. The lowest BCUT2D eigenvalue weighted by atomic mass is 9.43. The zero-order valence-electron chi connectivity index (χ0n) is 54.9. The first-order valence-electron chi connectivity index (χ1n) is 31.9. The van der Waals surface area contributed by atoms with Crippen molar-refractivity contribution in [1.29, 1.82) is 0 Å². The first-order chi connectivity index (χ1) is 41.6. The molecule has 0 N–H and O–H groups in total. The van der Waals surface area contributed by atoms with E-state index in [1.165, 1.54) is 88.9 Å². The molecule has 1 aliphatic carbocycles. The Balaban J connectivity index is 1.06. The van der Waals surface area contributed by atoms with Crippen LogP contribution in [0.5, 0.6) is 0 Å². The molecule has 0 radical (unpaired) electrons. The standard InChI is InChI=1S/C83H84BN3O/c1-78(2,3)52-27-35-57(36-28-52)85(58-37-29-53(30-38-58)79(4,5)6)60-41-42-61-64-48-65-66-49-67-62-25-21-22-26-74(62)88-77(67)76-75(66)84(87(59-39-31-54(32-40-59)80(7,8)9)73(65)50-69(64)83(16,17)68(61)47-60)70-46-56(82(13,14)15)34-44-72(70)86(76)71-43-33-55(81(10,11)12)45-63(71)51-23-19-18-20-24-51/h18-50H,1-17H3. The van der Waals surface area contributed by atoms with E-state index in [4.69, 9.17) is 4.42 Å². The zero-order chi connectivity index (χ0) is 61.9. The number of furan rings is 1. The molecule has 0 unspecified atom stereocenters. The molecule has 0 spiro atoms. The van der Waals surface area contributed by atoms with Gasteiger partial charge in [-0.2, -0.15) is 0 Å². The van der Waals surface area contributed by atoms with Gasteiger partial charge in [-0.1, -0.05) is 227 Å². The van der Waals surface area contributed by atoms with Gasteiger partial charge >= 0.3 is 6.85 Å². The number of nitrogens with zero attached hydrogens (tertiary/aromatic N) is 3. The lowest BCUT2D eigenvalue weighted by Crippen LogP contribution is -2.61. The third kappa shape index (κ3) is 9.23. The summed E-state index contributed by atoms with van der Waals surface area (Å²) in [5.74, 6) is 0. The van der Waals surface area contributed by atoms with Crippen molar-refractivity contribution in [2.45, 2.75) is 150 Å². The highest BCUT2D eigenvalue weighted by molar-refractivity contribution is 6.94. The largest absolute Gasteiger partial charge is 0.454 e. The van der Waals surface area contributed by atoms with Gasteiger partial charge in [-0.15, -0.1) is 0 Å². The molecule has 14 rings (SSSR count). The Kier molecular flexibility index (Phi) is 12.8. The molecule has 3 heterocycles. The van der Waals surface area contributed by atoms with Gasteiger partial charge in [0.15, 0.2) is 5.58 Å². The van der Waals surface area contributed by atoms with Crippen LogP contribution in [0.2, 0.25) is 0 Å². The Labute approximate surface area is 524 Å². The van der Waals surface area contributed by atoms with E-state index >= 15 is 0 Å². The van der Waals surface area contributed by atoms with Gasteiger partial charge in [-0.25, -0.2) is 0 Å². The highest BCUT2D eigenvalue weighted by Gasteiger charge is 2.49. The lowest BCUT2D eigenvalue weighted by molar-refractivity contribution is 0.590. The third-order valence-corrected chi connectivity index (χ3v) is 19.6. The average Bonchev–Trinajstić information content (AvgIpc) is 1.18. The fraction of sp³-hybridized carbons (Fsp3) is 0.277. The van der Waals surface area contributed by atoms with Crippen LogP contribution in [-0.4, -0.2) is 6.85 Å². The van der Waals surface area contributed by atoms with Crippen molar-refractivity contribution in [2.24, 2.45) is 0 Å².